The summed E-state index contributed by atoms with van der Waals surface area (Å²) in [6.07, 6.45) is 1.57. The molecule has 0 heterocycles. The summed E-state index contributed by atoms with van der Waals surface area (Å²) in [7, 11) is 0. The normalized spacial score (nSPS) is 10.9. The average Bonchev–Trinajstić information content (AvgIpc) is 2.74. The van der Waals surface area contributed by atoms with E-state index >= 15 is 0 Å². The van der Waals surface area contributed by atoms with Crippen LogP contribution in [-0.4, -0.2) is 12.5 Å². The number of hydrogen-bond donors (Lipinski definition) is 1. The fourth-order valence-corrected chi connectivity index (χ4v) is 2.56. The van der Waals surface area contributed by atoms with Gasteiger partial charge in [0.05, 0.1) is 11.6 Å². The van der Waals surface area contributed by atoms with E-state index in [1.807, 2.05) is 6.07 Å². The van der Waals surface area contributed by atoms with Crippen molar-refractivity contribution >= 4 is 23.2 Å². The number of carbonyl (C=O) groups excluding carboxylic acids is 1. The van der Waals surface area contributed by atoms with Crippen LogP contribution >= 0.6 is 0 Å². The Morgan fingerprint density at radius 3 is 2.34 bits per heavy atom. The number of hydrogen-bond acceptors (Lipinski definition) is 3. The summed E-state index contributed by atoms with van der Waals surface area (Å²) in [5.41, 5.74) is 1.59. The highest BCUT2D eigenvalue weighted by Gasteiger charge is 2.07. The molecule has 0 saturated heterocycles. The molecule has 0 atom stereocenters. The van der Waals surface area contributed by atoms with E-state index in [2.05, 4.69) is 5.32 Å². The molecule has 3 aromatic rings. The molecule has 0 aromatic heterocycles. The number of halogens is 2. The maximum Gasteiger partial charge on any atom is 0.262 e. The summed E-state index contributed by atoms with van der Waals surface area (Å²) in [5.74, 6) is -0.775. The Morgan fingerprint density at radius 1 is 1.00 bits per heavy atom. The Hall–Kier alpha value is -3.98. The lowest BCUT2D eigenvalue weighted by atomic mass is 10.0. The van der Waals surface area contributed by atoms with Crippen molar-refractivity contribution in [1.29, 1.82) is 5.26 Å². The van der Waals surface area contributed by atoms with E-state index in [0.29, 0.717) is 17.0 Å². The first-order chi connectivity index (χ1) is 14.0. The quantitative estimate of drug-likeness (QED) is 0.473. The van der Waals surface area contributed by atoms with Crippen LogP contribution in [0.5, 0.6) is 5.75 Å². The van der Waals surface area contributed by atoms with E-state index in [4.69, 9.17) is 4.74 Å². The van der Waals surface area contributed by atoms with Gasteiger partial charge in [0.25, 0.3) is 5.91 Å². The molecule has 6 heteroatoms. The molecule has 1 amide bonds. The summed E-state index contributed by atoms with van der Waals surface area (Å²) in [5, 5.41) is 11.9. The number of nitrogens with zero attached hydrogens (tertiary/aromatic N) is 1. The van der Waals surface area contributed by atoms with Gasteiger partial charge in [-0.3, -0.25) is 4.79 Å². The zero-order chi connectivity index (χ0) is 20.6. The van der Waals surface area contributed by atoms with Crippen molar-refractivity contribution in [2.75, 3.05) is 11.9 Å². The number of rotatable bonds is 6. The van der Waals surface area contributed by atoms with Gasteiger partial charge in [-0.2, -0.15) is 5.26 Å². The van der Waals surface area contributed by atoms with E-state index in [1.54, 1.807) is 48.5 Å². The second kappa shape index (κ2) is 9.29. The minimum atomic E-state index is -0.465. The van der Waals surface area contributed by atoms with Crippen LogP contribution in [0.1, 0.15) is 11.1 Å². The Balaban J connectivity index is 1.61. The van der Waals surface area contributed by atoms with Crippen molar-refractivity contribution in [2.45, 2.75) is 0 Å². The highest BCUT2D eigenvalue weighted by molar-refractivity contribution is 5.92. The number of benzene rings is 3. The molecular formula is C23H16F2N2O2. The largest absolute Gasteiger partial charge is 0.484 e. The van der Waals surface area contributed by atoms with Crippen molar-refractivity contribution in [3.8, 4) is 11.8 Å². The lowest BCUT2D eigenvalue weighted by Gasteiger charge is -2.08. The van der Waals surface area contributed by atoms with Gasteiger partial charge in [-0.1, -0.05) is 30.3 Å². The maximum atomic E-state index is 13.9. The predicted octanol–water partition coefficient (Wildman–Crippen LogP) is 5.05. The molecule has 144 valence electrons. The van der Waals surface area contributed by atoms with E-state index < -0.39 is 5.82 Å². The van der Waals surface area contributed by atoms with E-state index in [-0.39, 0.29) is 29.5 Å². The Morgan fingerprint density at radius 2 is 1.69 bits per heavy atom. The zero-order valence-electron chi connectivity index (χ0n) is 15.2. The van der Waals surface area contributed by atoms with E-state index in [0.717, 1.165) is 0 Å². The molecule has 0 spiro atoms. The Bertz CT molecular complexity index is 1070. The fraction of sp³-hybridized carbons (Fsp3) is 0.0435. The lowest BCUT2D eigenvalue weighted by molar-refractivity contribution is -0.118. The summed E-state index contributed by atoms with van der Waals surface area (Å²) in [4.78, 5) is 11.9. The molecule has 1 N–H and O–H groups in total. The number of ether oxygens (including phenoxy) is 1. The van der Waals surface area contributed by atoms with Gasteiger partial charge in [0, 0.05) is 11.3 Å². The van der Waals surface area contributed by atoms with Crippen LogP contribution in [0.4, 0.5) is 14.5 Å². The number of amides is 1. The summed E-state index contributed by atoms with van der Waals surface area (Å²) in [6.45, 7) is -0.217. The molecule has 0 aliphatic rings. The summed E-state index contributed by atoms with van der Waals surface area (Å²) in [6, 6.07) is 20.2. The van der Waals surface area contributed by atoms with E-state index in [1.165, 1.54) is 30.3 Å². The number of carbonyl (C=O) groups is 1. The number of allylic oxidation sites excluding steroid dienone is 1. The van der Waals surface area contributed by atoms with Gasteiger partial charge >= 0.3 is 0 Å². The van der Waals surface area contributed by atoms with Gasteiger partial charge in [-0.25, -0.2) is 8.78 Å². The Labute approximate surface area is 166 Å². The first-order valence-electron chi connectivity index (χ1n) is 8.70. The molecule has 4 nitrogen and oxygen atoms in total. The molecule has 3 rings (SSSR count). The molecule has 0 unspecified atom stereocenters. The second-order valence-corrected chi connectivity index (χ2v) is 6.06. The van der Waals surface area contributed by atoms with Gasteiger partial charge in [-0.15, -0.1) is 0 Å². The van der Waals surface area contributed by atoms with Crippen LogP contribution in [0.25, 0.3) is 11.6 Å². The van der Waals surface area contributed by atoms with Gasteiger partial charge in [-0.05, 0) is 54.1 Å². The molecule has 0 saturated carbocycles. The van der Waals surface area contributed by atoms with E-state index in [9.17, 15) is 18.8 Å². The lowest BCUT2D eigenvalue weighted by Crippen LogP contribution is -2.20. The van der Waals surface area contributed by atoms with Gasteiger partial charge in [0.1, 0.15) is 17.4 Å². The van der Waals surface area contributed by atoms with Crippen LogP contribution < -0.4 is 10.1 Å². The first-order valence-corrected chi connectivity index (χ1v) is 8.70. The number of anilines is 1. The smallest absolute Gasteiger partial charge is 0.262 e. The van der Waals surface area contributed by atoms with Crippen molar-refractivity contribution in [3.63, 3.8) is 0 Å². The molecule has 0 bridgehead atoms. The summed E-state index contributed by atoms with van der Waals surface area (Å²) >= 11 is 0. The first kappa shape index (κ1) is 19.8. The summed E-state index contributed by atoms with van der Waals surface area (Å²) < 4.78 is 32.2. The SMILES string of the molecule is N#CC(=Cc1ccc(OCC(=O)Nc2ccc(F)cc2)cc1)c1ccccc1F. The zero-order valence-corrected chi connectivity index (χ0v) is 15.2. The molecular weight excluding hydrogens is 374 g/mol. The minimum Gasteiger partial charge on any atom is -0.484 e. The number of nitriles is 1. The predicted molar refractivity (Wildman–Crippen MR) is 107 cm³/mol. The molecule has 0 radical (unpaired) electrons. The van der Waals surface area contributed by atoms with Gasteiger partial charge < -0.3 is 10.1 Å². The van der Waals surface area contributed by atoms with Crippen molar-refractivity contribution in [2.24, 2.45) is 0 Å². The molecule has 29 heavy (non-hydrogen) atoms. The monoisotopic (exact) mass is 390 g/mol. The van der Waals surface area contributed by atoms with Crippen LogP contribution in [0.15, 0.2) is 72.8 Å². The van der Waals surface area contributed by atoms with Crippen LogP contribution in [-0.2, 0) is 4.79 Å². The van der Waals surface area contributed by atoms with Gasteiger partial charge in [0.15, 0.2) is 6.61 Å². The van der Waals surface area contributed by atoms with Crippen LogP contribution in [0, 0.1) is 23.0 Å². The maximum absolute atomic E-state index is 13.9. The third kappa shape index (κ3) is 5.50. The van der Waals surface area contributed by atoms with Crippen molar-refractivity contribution in [3.05, 3.63) is 95.6 Å². The molecule has 3 aromatic carbocycles. The standard InChI is InChI=1S/C23H16F2N2O2/c24-18-7-9-19(10-8-18)27-23(28)15-29-20-11-5-16(6-12-20)13-17(14-26)21-3-1-2-4-22(21)25/h1-13H,15H2,(H,27,28). The van der Waals surface area contributed by atoms with Crippen molar-refractivity contribution < 1.29 is 18.3 Å². The number of nitrogens with one attached hydrogen (secondary N) is 1. The third-order valence-corrected chi connectivity index (χ3v) is 3.97. The topological polar surface area (TPSA) is 62.1 Å². The Kier molecular flexibility index (Phi) is 6.33. The minimum absolute atomic E-state index is 0.204. The van der Waals surface area contributed by atoms with Crippen LogP contribution in [0.2, 0.25) is 0 Å². The molecule has 0 fully saturated rings. The van der Waals surface area contributed by atoms with Gasteiger partial charge in [0.2, 0.25) is 0 Å². The highest BCUT2D eigenvalue weighted by atomic mass is 19.1. The third-order valence-electron chi connectivity index (χ3n) is 3.97. The molecule has 0 aliphatic carbocycles. The molecule has 0 aliphatic heterocycles. The fourth-order valence-electron chi connectivity index (χ4n) is 2.56. The highest BCUT2D eigenvalue weighted by Crippen LogP contribution is 2.22. The van der Waals surface area contributed by atoms with Crippen LogP contribution in [0.3, 0.4) is 0 Å². The van der Waals surface area contributed by atoms with Crippen molar-refractivity contribution in [1.82, 2.24) is 0 Å². The second-order valence-electron chi connectivity index (χ2n) is 6.06. The average molecular weight is 390 g/mol.